The number of nitrogens with one attached hydrogen (secondary N) is 1. The molecule has 1 aromatic rings. The van der Waals surface area contributed by atoms with E-state index in [1.807, 2.05) is 6.07 Å². The number of rotatable bonds is 6. The zero-order valence-corrected chi connectivity index (χ0v) is 13.4. The van der Waals surface area contributed by atoms with Crippen LogP contribution in [0.15, 0.2) is 24.3 Å². The van der Waals surface area contributed by atoms with E-state index in [0.29, 0.717) is 0 Å². The molecule has 24 heavy (non-hydrogen) atoms. The van der Waals surface area contributed by atoms with E-state index in [4.69, 9.17) is 24.5 Å². The molecule has 8 heteroatoms. The van der Waals surface area contributed by atoms with Crippen LogP contribution in [0.3, 0.4) is 0 Å². The molecule has 0 amide bonds. The number of morpholine rings is 1. The molecule has 0 bridgehead atoms. The average molecular weight is 342 g/mol. The molecule has 2 rings (SSSR count). The van der Waals surface area contributed by atoms with Gasteiger partial charge >= 0.3 is 11.9 Å². The first-order valence-electron chi connectivity index (χ1n) is 7.70. The van der Waals surface area contributed by atoms with Gasteiger partial charge in [-0.3, -0.25) is 4.90 Å². The van der Waals surface area contributed by atoms with Gasteiger partial charge in [-0.05, 0) is 37.2 Å². The zero-order valence-electron chi connectivity index (χ0n) is 13.4. The van der Waals surface area contributed by atoms with Gasteiger partial charge < -0.3 is 20.3 Å². The Hall–Kier alpha value is -2.03. The van der Waals surface area contributed by atoms with Crippen molar-refractivity contribution in [2.45, 2.75) is 13.0 Å². The Morgan fingerprint density at radius 3 is 2.46 bits per heavy atom. The summed E-state index contributed by atoms with van der Waals surface area (Å²) in [4.78, 5) is 20.6. The Labute approximate surface area is 140 Å². The molecule has 0 aromatic heterocycles. The Morgan fingerprint density at radius 1 is 1.21 bits per heavy atom. The molecule has 0 saturated carbocycles. The second kappa shape index (κ2) is 11.5. The van der Waals surface area contributed by atoms with Crippen molar-refractivity contribution in [3.63, 3.8) is 0 Å². The molecule has 1 heterocycles. The maximum absolute atomic E-state index is 12.9. The topological polar surface area (TPSA) is 99.1 Å². The molecule has 3 N–H and O–H groups in total. The number of carboxylic acids is 2. The summed E-state index contributed by atoms with van der Waals surface area (Å²) in [5.41, 5.74) is 1.00. The lowest BCUT2D eigenvalue weighted by atomic mass is 10.2. The van der Waals surface area contributed by atoms with E-state index in [1.165, 1.54) is 6.07 Å². The first-order valence-corrected chi connectivity index (χ1v) is 7.70. The number of hydrogen-bond acceptors (Lipinski definition) is 5. The summed E-state index contributed by atoms with van der Waals surface area (Å²) >= 11 is 0. The molecule has 1 aliphatic rings. The molecular formula is C16H23FN2O5. The van der Waals surface area contributed by atoms with Crippen molar-refractivity contribution in [3.8, 4) is 0 Å². The largest absolute Gasteiger partial charge is 0.473 e. The number of aliphatic carboxylic acids is 2. The fourth-order valence-electron chi connectivity index (χ4n) is 2.13. The molecule has 1 saturated heterocycles. The van der Waals surface area contributed by atoms with Crippen LogP contribution in [0.4, 0.5) is 4.39 Å². The molecule has 0 aliphatic carbocycles. The van der Waals surface area contributed by atoms with Crippen LogP contribution in [0.5, 0.6) is 0 Å². The fourth-order valence-corrected chi connectivity index (χ4v) is 2.13. The van der Waals surface area contributed by atoms with Gasteiger partial charge in [0.2, 0.25) is 0 Å². The summed E-state index contributed by atoms with van der Waals surface area (Å²) in [6, 6.07) is 6.75. The average Bonchev–Trinajstić information content (AvgIpc) is 2.56. The molecule has 0 radical (unpaired) electrons. The van der Waals surface area contributed by atoms with Crippen LogP contribution in [-0.2, 0) is 20.9 Å². The highest BCUT2D eigenvalue weighted by Crippen LogP contribution is 2.03. The number of benzene rings is 1. The maximum atomic E-state index is 12.9. The van der Waals surface area contributed by atoms with Crippen LogP contribution in [0.2, 0.25) is 0 Å². The third-order valence-electron chi connectivity index (χ3n) is 3.33. The molecule has 0 spiro atoms. The van der Waals surface area contributed by atoms with Gasteiger partial charge in [0.1, 0.15) is 5.82 Å². The third-order valence-corrected chi connectivity index (χ3v) is 3.33. The van der Waals surface area contributed by atoms with E-state index in [-0.39, 0.29) is 5.82 Å². The molecule has 1 aromatic carbocycles. The van der Waals surface area contributed by atoms with Gasteiger partial charge in [0.25, 0.3) is 0 Å². The van der Waals surface area contributed by atoms with Gasteiger partial charge in [0.15, 0.2) is 0 Å². The first kappa shape index (κ1) is 20.0. The summed E-state index contributed by atoms with van der Waals surface area (Å²) in [5, 5.41) is 18.1. The smallest absolute Gasteiger partial charge is 0.414 e. The highest BCUT2D eigenvalue weighted by molar-refractivity contribution is 6.27. The predicted molar refractivity (Wildman–Crippen MR) is 85.3 cm³/mol. The van der Waals surface area contributed by atoms with Crippen molar-refractivity contribution < 1.29 is 28.9 Å². The minimum atomic E-state index is -1.82. The van der Waals surface area contributed by atoms with Gasteiger partial charge in [0.05, 0.1) is 13.2 Å². The van der Waals surface area contributed by atoms with E-state index in [1.54, 1.807) is 12.1 Å². The summed E-state index contributed by atoms with van der Waals surface area (Å²) in [6.07, 6.45) is 1.12. The lowest BCUT2D eigenvalue weighted by Crippen LogP contribution is -2.37. The Kier molecular flexibility index (Phi) is 9.59. The minimum absolute atomic E-state index is 0.164. The van der Waals surface area contributed by atoms with Crippen molar-refractivity contribution in [2.75, 3.05) is 39.4 Å². The standard InChI is InChI=1S/C14H21FN2O.C2H2O4/c15-14-4-1-3-13(11-14)12-16-5-2-6-17-7-9-18-10-8-17;3-1(4)2(5)6/h1,3-4,11,16H,2,5-10,12H2;(H,3,4)(H,5,6). The first-order chi connectivity index (χ1) is 11.5. The van der Waals surface area contributed by atoms with Crippen molar-refractivity contribution in [1.29, 1.82) is 0 Å². The van der Waals surface area contributed by atoms with Crippen molar-refractivity contribution in [1.82, 2.24) is 10.2 Å². The van der Waals surface area contributed by atoms with E-state index in [9.17, 15) is 4.39 Å². The summed E-state index contributed by atoms with van der Waals surface area (Å²) in [7, 11) is 0. The zero-order chi connectivity index (χ0) is 17.8. The van der Waals surface area contributed by atoms with Crippen LogP contribution < -0.4 is 5.32 Å². The molecule has 1 fully saturated rings. The van der Waals surface area contributed by atoms with E-state index >= 15 is 0 Å². The highest BCUT2D eigenvalue weighted by Gasteiger charge is 2.08. The normalized spacial score (nSPS) is 14.5. The lowest BCUT2D eigenvalue weighted by Gasteiger charge is -2.26. The third kappa shape index (κ3) is 9.19. The summed E-state index contributed by atoms with van der Waals surface area (Å²) in [6.45, 7) is 6.62. The van der Waals surface area contributed by atoms with Crippen molar-refractivity contribution >= 4 is 11.9 Å². The second-order valence-electron chi connectivity index (χ2n) is 5.22. The van der Waals surface area contributed by atoms with Crippen molar-refractivity contribution in [3.05, 3.63) is 35.6 Å². The number of halogens is 1. The van der Waals surface area contributed by atoms with Gasteiger partial charge in [-0.1, -0.05) is 12.1 Å². The Morgan fingerprint density at radius 2 is 1.88 bits per heavy atom. The molecule has 134 valence electrons. The van der Waals surface area contributed by atoms with Gasteiger partial charge in [-0.15, -0.1) is 0 Å². The monoisotopic (exact) mass is 342 g/mol. The summed E-state index contributed by atoms with van der Waals surface area (Å²) < 4.78 is 18.2. The Balaban J connectivity index is 0.000000413. The van der Waals surface area contributed by atoms with Crippen LogP contribution in [0, 0.1) is 5.82 Å². The number of nitrogens with zero attached hydrogens (tertiary/aromatic N) is 1. The number of hydrogen-bond donors (Lipinski definition) is 3. The number of carboxylic acid groups (broad SMARTS) is 2. The van der Waals surface area contributed by atoms with Gasteiger partial charge in [-0.2, -0.15) is 0 Å². The lowest BCUT2D eigenvalue weighted by molar-refractivity contribution is -0.159. The van der Waals surface area contributed by atoms with Gasteiger partial charge in [-0.25, -0.2) is 14.0 Å². The molecule has 1 aliphatic heterocycles. The molecule has 0 atom stereocenters. The van der Waals surface area contributed by atoms with E-state index in [0.717, 1.165) is 57.9 Å². The van der Waals surface area contributed by atoms with Crippen LogP contribution in [0.25, 0.3) is 0 Å². The number of ether oxygens (including phenoxy) is 1. The molecule has 7 nitrogen and oxygen atoms in total. The summed E-state index contributed by atoms with van der Waals surface area (Å²) in [5.74, 6) is -3.81. The SMILES string of the molecule is Fc1cccc(CNCCCN2CCOCC2)c1.O=C(O)C(=O)O. The predicted octanol–water partition coefficient (Wildman–Crippen LogP) is 0.793. The van der Waals surface area contributed by atoms with Crippen LogP contribution in [0.1, 0.15) is 12.0 Å². The molecule has 0 unspecified atom stereocenters. The van der Waals surface area contributed by atoms with E-state index < -0.39 is 11.9 Å². The number of carbonyl (C=O) groups is 2. The van der Waals surface area contributed by atoms with E-state index in [2.05, 4.69) is 10.2 Å². The second-order valence-corrected chi connectivity index (χ2v) is 5.22. The van der Waals surface area contributed by atoms with Crippen LogP contribution in [-0.4, -0.2) is 66.4 Å². The van der Waals surface area contributed by atoms with Crippen molar-refractivity contribution in [2.24, 2.45) is 0 Å². The highest BCUT2D eigenvalue weighted by atomic mass is 19.1. The fraction of sp³-hybridized carbons (Fsp3) is 0.500. The quantitative estimate of drug-likeness (QED) is 0.519. The molecular weight excluding hydrogens is 319 g/mol. The maximum Gasteiger partial charge on any atom is 0.414 e. The van der Waals surface area contributed by atoms with Crippen LogP contribution >= 0.6 is 0 Å². The Bertz CT molecular complexity index is 509. The minimum Gasteiger partial charge on any atom is -0.473 e. The van der Waals surface area contributed by atoms with Gasteiger partial charge in [0, 0.05) is 19.6 Å².